The molecular weight excluding hydrogens is 204 g/mol. The van der Waals surface area contributed by atoms with Crippen LogP contribution in [0.3, 0.4) is 0 Å². The van der Waals surface area contributed by atoms with Gasteiger partial charge in [0.15, 0.2) is 0 Å². The van der Waals surface area contributed by atoms with Crippen LogP contribution in [0.5, 0.6) is 0 Å². The maximum atomic E-state index is 2.50. The molecule has 0 aromatic carbocycles. The van der Waals surface area contributed by atoms with E-state index in [1.807, 2.05) is 0 Å². The first-order valence-electron chi connectivity index (χ1n) is 7.43. The Bertz CT molecular complexity index is 264. The van der Waals surface area contributed by atoms with Gasteiger partial charge in [-0.25, -0.2) is 0 Å². The van der Waals surface area contributed by atoms with Crippen molar-refractivity contribution < 1.29 is 0 Å². The molecule has 0 heterocycles. The van der Waals surface area contributed by atoms with Crippen molar-refractivity contribution in [3.05, 3.63) is 0 Å². The molecule has 0 aliphatic heterocycles. The van der Waals surface area contributed by atoms with Crippen molar-refractivity contribution in [1.29, 1.82) is 0 Å². The molecule has 102 valence electrons. The predicted molar refractivity (Wildman–Crippen MR) is 78.2 cm³/mol. The van der Waals surface area contributed by atoms with Gasteiger partial charge in [0.1, 0.15) is 0 Å². The summed E-state index contributed by atoms with van der Waals surface area (Å²) in [7, 11) is 0. The molecule has 0 spiro atoms. The van der Waals surface area contributed by atoms with Crippen molar-refractivity contribution in [2.75, 3.05) is 0 Å². The molecule has 1 atom stereocenters. The quantitative estimate of drug-likeness (QED) is 0.561. The highest BCUT2D eigenvalue weighted by molar-refractivity contribution is 5.02. The SMILES string of the molecule is CCC(C)(C)C1(CC(C)(C)C)CCC(C)(C)C1. The Balaban J connectivity index is 3.04. The standard InChI is InChI=1S/C17H34/c1-9-16(7,8)17(12-14(2,3)4)11-10-15(5,6)13-17/h9-13H2,1-8H3. The lowest BCUT2D eigenvalue weighted by molar-refractivity contribution is 0.0149. The molecular formula is C17H34. The average molecular weight is 238 g/mol. The summed E-state index contributed by atoms with van der Waals surface area (Å²) >= 11 is 0. The Kier molecular flexibility index (Phi) is 3.79. The summed E-state index contributed by atoms with van der Waals surface area (Å²) in [5.74, 6) is 0. The largest absolute Gasteiger partial charge is 0.0649 e. The maximum absolute atomic E-state index is 2.50. The van der Waals surface area contributed by atoms with E-state index in [0.29, 0.717) is 21.7 Å². The van der Waals surface area contributed by atoms with Gasteiger partial charge in [-0.1, -0.05) is 61.8 Å². The van der Waals surface area contributed by atoms with Gasteiger partial charge < -0.3 is 0 Å². The van der Waals surface area contributed by atoms with E-state index in [9.17, 15) is 0 Å². The average Bonchev–Trinajstić information content (AvgIpc) is 2.40. The molecule has 0 nitrogen and oxygen atoms in total. The van der Waals surface area contributed by atoms with Gasteiger partial charge >= 0.3 is 0 Å². The molecule has 1 aliphatic rings. The van der Waals surface area contributed by atoms with Crippen LogP contribution >= 0.6 is 0 Å². The molecule has 0 saturated heterocycles. The lowest BCUT2D eigenvalue weighted by Gasteiger charge is -2.48. The van der Waals surface area contributed by atoms with Crippen LogP contribution in [0, 0.1) is 21.7 Å². The second kappa shape index (κ2) is 4.28. The lowest BCUT2D eigenvalue weighted by atomic mass is 9.56. The normalized spacial score (nSPS) is 29.6. The third kappa shape index (κ3) is 3.26. The second-order valence-electron chi connectivity index (χ2n) is 9.10. The van der Waals surface area contributed by atoms with Gasteiger partial charge in [-0.05, 0) is 47.3 Å². The summed E-state index contributed by atoms with van der Waals surface area (Å²) in [4.78, 5) is 0. The van der Waals surface area contributed by atoms with Crippen molar-refractivity contribution in [1.82, 2.24) is 0 Å². The highest BCUT2D eigenvalue weighted by Gasteiger charge is 2.52. The molecule has 1 unspecified atom stereocenters. The van der Waals surface area contributed by atoms with Gasteiger partial charge in [0.25, 0.3) is 0 Å². The van der Waals surface area contributed by atoms with E-state index < -0.39 is 0 Å². The summed E-state index contributed by atoms with van der Waals surface area (Å²) in [6.07, 6.45) is 6.94. The number of rotatable bonds is 3. The molecule has 0 bridgehead atoms. The Labute approximate surface area is 110 Å². The fraction of sp³-hybridized carbons (Fsp3) is 1.00. The van der Waals surface area contributed by atoms with Crippen LogP contribution in [-0.4, -0.2) is 0 Å². The fourth-order valence-electron chi connectivity index (χ4n) is 4.03. The highest BCUT2D eigenvalue weighted by atomic mass is 14.6. The van der Waals surface area contributed by atoms with Crippen molar-refractivity contribution in [3.8, 4) is 0 Å². The smallest absolute Gasteiger partial charge is 0.0236 e. The zero-order valence-corrected chi connectivity index (χ0v) is 13.5. The van der Waals surface area contributed by atoms with Crippen molar-refractivity contribution in [3.63, 3.8) is 0 Å². The Morgan fingerprint density at radius 1 is 0.941 bits per heavy atom. The maximum Gasteiger partial charge on any atom is -0.0236 e. The lowest BCUT2D eigenvalue weighted by Crippen LogP contribution is -2.39. The third-order valence-electron chi connectivity index (χ3n) is 5.29. The Hall–Kier alpha value is 0. The van der Waals surface area contributed by atoms with Crippen LogP contribution in [0.15, 0.2) is 0 Å². The zero-order chi connectivity index (χ0) is 13.5. The molecule has 0 aromatic rings. The van der Waals surface area contributed by atoms with Crippen molar-refractivity contribution >= 4 is 0 Å². The third-order valence-corrected chi connectivity index (χ3v) is 5.29. The Morgan fingerprint density at radius 2 is 1.47 bits per heavy atom. The molecule has 1 saturated carbocycles. The first kappa shape index (κ1) is 15.1. The zero-order valence-electron chi connectivity index (χ0n) is 13.5. The van der Waals surface area contributed by atoms with Gasteiger partial charge in [0.05, 0.1) is 0 Å². The van der Waals surface area contributed by atoms with Gasteiger partial charge in [-0.3, -0.25) is 0 Å². The molecule has 0 amide bonds. The summed E-state index contributed by atoms with van der Waals surface area (Å²) < 4.78 is 0. The first-order chi connectivity index (χ1) is 7.43. The Morgan fingerprint density at radius 3 is 1.76 bits per heavy atom. The summed E-state index contributed by atoms with van der Waals surface area (Å²) in [6.45, 7) is 19.5. The van der Waals surface area contributed by atoms with E-state index in [1.54, 1.807) is 0 Å². The minimum Gasteiger partial charge on any atom is -0.0649 e. The van der Waals surface area contributed by atoms with E-state index in [4.69, 9.17) is 0 Å². The molecule has 17 heavy (non-hydrogen) atoms. The second-order valence-corrected chi connectivity index (χ2v) is 9.10. The van der Waals surface area contributed by atoms with Crippen molar-refractivity contribution in [2.45, 2.75) is 87.5 Å². The minimum absolute atomic E-state index is 0.451. The van der Waals surface area contributed by atoms with E-state index in [-0.39, 0.29) is 0 Å². The van der Waals surface area contributed by atoms with Crippen LogP contribution < -0.4 is 0 Å². The molecule has 1 fully saturated rings. The van der Waals surface area contributed by atoms with Gasteiger partial charge in [0, 0.05) is 0 Å². The predicted octanol–water partition coefficient (Wildman–Crippen LogP) is 6.06. The molecule has 0 aromatic heterocycles. The number of hydrogen-bond donors (Lipinski definition) is 0. The molecule has 0 N–H and O–H groups in total. The summed E-state index contributed by atoms with van der Waals surface area (Å²) in [6, 6.07) is 0. The fourth-order valence-corrected chi connectivity index (χ4v) is 4.03. The molecule has 1 aliphatic carbocycles. The first-order valence-corrected chi connectivity index (χ1v) is 7.43. The van der Waals surface area contributed by atoms with E-state index in [2.05, 4.69) is 55.4 Å². The molecule has 0 radical (unpaired) electrons. The van der Waals surface area contributed by atoms with Crippen LogP contribution in [-0.2, 0) is 0 Å². The van der Waals surface area contributed by atoms with Crippen LogP contribution in [0.25, 0.3) is 0 Å². The van der Waals surface area contributed by atoms with E-state index in [1.165, 1.54) is 32.1 Å². The molecule has 1 rings (SSSR count). The minimum atomic E-state index is 0.451. The van der Waals surface area contributed by atoms with Gasteiger partial charge in [-0.15, -0.1) is 0 Å². The van der Waals surface area contributed by atoms with Crippen LogP contribution in [0.4, 0.5) is 0 Å². The van der Waals surface area contributed by atoms with Gasteiger partial charge in [-0.2, -0.15) is 0 Å². The highest BCUT2D eigenvalue weighted by Crippen LogP contribution is 2.62. The van der Waals surface area contributed by atoms with Crippen LogP contribution in [0.2, 0.25) is 0 Å². The monoisotopic (exact) mass is 238 g/mol. The van der Waals surface area contributed by atoms with Gasteiger partial charge in [0.2, 0.25) is 0 Å². The van der Waals surface area contributed by atoms with Crippen molar-refractivity contribution in [2.24, 2.45) is 21.7 Å². The van der Waals surface area contributed by atoms with E-state index >= 15 is 0 Å². The topological polar surface area (TPSA) is 0 Å². The van der Waals surface area contributed by atoms with Crippen LogP contribution in [0.1, 0.15) is 87.5 Å². The molecule has 0 heteroatoms. The summed E-state index contributed by atoms with van der Waals surface area (Å²) in [5, 5.41) is 0. The summed E-state index contributed by atoms with van der Waals surface area (Å²) in [5.41, 5.74) is 2.04. The number of hydrogen-bond acceptors (Lipinski definition) is 0. The van der Waals surface area contributed by atoms with E-state index in [0.717, 1.165) is 0 Å².